The Balaban J connectivity index is 0. The first-order valence-corrected chi connectivity index (χ1v) is 6.00. The average Bonchev–Trinajstić information content (AvgIpc) is 1.93. The summed E-state index contributed by atoms with van der Waals surface area (Å²) in [5.74, 6) is 0. The van der Waals surface area contributed by atoms with Crippen molar-refractivity contribution in [3.8, 4) is 0 Å². The molecule has 0 amide bonds. The van der Waals surface area contributed by atoms with Crippen molar-refractivity contribution in [1.82, 2.24) is 0 Å². The van der Waals surface area contributed by atoms with E-state index in [0.717, 1.165) is 13.1 Å². The summed E-state index contributed by atoms with van der Waals surface area (Å²) in [6.45, 7) is 10.5. The zero-order valence-electron chi connectivity index (χ0n) is 6.68. The monoisotopic (exact) mass is 235 g/mol. The fraction of sp³-hybridized carbons (Fsp3) is 1.00. The molecule has 0 spiro atoms. The molecule has 0 aliphatic carbocycles. The number of halogens is 2. The van der Waals surface area contributed by atoms with E-state index in [4.69, 9.17) is 0 Å². The van der Waals surface area contributed by atoms with E-state index in [9.17, 15) is 0 Å². The summed E-state index contributed by atoms with van der Waals surface area (Å²) in [4.78, 5) is 1.68. The van der Waals surface area contributed by atoms with Gasteiger partial charge < -0.3 is 4.90 Å². The van der Waals surface area contributed by atoms with Crippen molar-refractivity contribution in [1.29, 1.82) is 0 Å². The Labute approximate surface area is 78.7 Å². The Morgan fingerprint density at radius 2 is 1.20 bits per heavy atom. The van der Waals surface area contributed by atoms with Gasteiger partial charge >= 0.3 is 33.3 Å². The van der Waals surface area contributed by atoms with E-state index in [1.54, 1.807) is 4.90 Å². The number of rotatable bonds is 3. The molecule has 0 atom stereocenters. The van der Waals surface area contributed by atoms with Crippen LogP contribution in [0.25, 0.3) is 0 Å². The van der Waals surface area contributed by atoms with E-state index < -0.39 is 0 Å². The number of quaternary nitrogens is 1. The molecule has 0 heterocycles. The van der Waals surface area contributed by atoms with Gasteiger partial charge in [0.2, 0.25) is 0 Å². The summed E-state index contributed by atoms with van der Waals surface area (Å²) < 4.78 is 0. The van der Waals surface area contributed by atoms with Gasteiger partial charge in [-0.1, -0.05) is 0 Å². The van der Waals surface area contributed by atoms with Gasteiger partial charge in [0, 0.05) is 0 Å². The predicted molar refractivity (Wildman–Crippen MR) is 44.3 cm³/mol. The molecule has 0 saturated heterocycles. The molecule has 0 aliphatic heterocycles. The van der Waals surface area contributed by atoms with Crippen LogP contribution in [-0.2, 0) is 13.1 Å². The minimum absolute atomic E-state index is 0.757. The van der Waals surface area contributed by atoms with Crippen LogP contribution in [0.1, 0.15) is 20.8 Å². The van der Waals surface area contributed by atoms with Crippen LogP contribution in [0.15, 0.2) is 0 Å². The van der Waals surface area contributed by atoms with Crippen LogP contribution in [0, 0.1) is 0 Å². The average molecular weight is 237 g/mol. The van der Waals surface area contributed by atoms with Gasteiger partial charge in [-0.25, -0.2) is 0 Å². The molecule has 0 aromatic heterocycles. The summed E-state index contributed by atoms with van der Waals surface area (Å²) in [5, 5.41) is 0. The van der Waals surface area contributed by atoms with Crippen molar-refractivity contribution in [3.05, 3.63) is 0 Å². The molecule has 0 aliphatic rings. The van der Waals surface area contributed by atoms with E-state index in [0.29, 0.717) is 0 Å². The Morgan fingerprint density at radius 1 is 1.00 bits per heavy atom. The second kappa shape index (κ2) is 12.7. The van der Waals surface area contributed by atoms with E-state index in [1.165, 1.54) is 19.6 Å². The maximum atomic E-state index is 4.67. The minimum atomic E-state index is 0.757. The van der Waals surface area contributed by atoms with Crippen molar-refractivity contribution < 1.29 is 18.0 Å². The fourth-order valence-corrected chi connectivity index (χ4v) is 0.750. The molecular formula is C6H16Cl2CuN. The molecule has 0 aromatic rings. The molecule has 0 unspecified atom stereocenters. The Morgan fingerprint density at radius 3 is 1.20 bits per heavy atom. The van der Waals surface area contributed by atoms with Gasteiger partial charge in [0.05, 0.1) is 19.6 Å². The van der Waals surface area contributed by atoms with E-state index >= 15 is 0 Å². The first-order chi connectivity index (χ1) is 4.76. The third-order valence-corrected chi connectivity index (χ3v) is 1.50. The van der Waals surface area contributed by atoms with E-state index in [1.807, 2.05) is 0 Å². The SMILES string of the molecule is CC[NH+](CC)CC.[Cl][Cu-][Cl]. The van der Waals surface area contributed by atoms with Crippen LogP contribution in [0.4, 0.5) is 0 Å². The normalized spacial score (nSPS) is 9.40. The van der Waals surface area contributed by atoms with Crippen molar-refractivity contribution in [2.75, 3.05) is 19.6 Å². The summed E-state index contributed by atoms with van der Waals surface area (Å²) in [6, 6.07) is 0. The first-order valence-electron chi connectivity index (χ1n) is 3.41. The molecule has 10 heavy (non-hydrogen) atoms. The summed E-state index contributed by atoms with van der Waals surface area (Å²) >= 11 is 0.757. The van der Waals surface area contributed by atoms with Crippen molar-refractivity contribution in [2.24, 2.45) is 0 Å². The topological polar surface area (TPSA) is 4.44 Å². The van der Waals surface area contributed by atoms with Crippen LogP contribution in [0.2, 0.25) is 0 Å². The van der Waals surface area contributed by atoms with Crippen LogP contribution in [0.3, 0.4) is 0 Å². The third kappa shape index (κ3) is 11.8. The molecular weight excluding hydrogens is 221 g/mol. The van der Waals surface area contributed by atoms with Gasteiger partial charge in [-0.3, -0.25) is 0 Å². The second-order valence-electron chi connectivity index (χ2n) is 1.85. The molecule has 1 nitrogen and oxygen atoms in total. The Kier molecular flexibility index (Phi) is 17.3. The van der Waals surface area contributed by atoms with Crippen LogP contribution in [0.5, 0.6) is 0 Å². The summed E-state index contributed by atoms with van der Waals surface area (Å²) in [6.07, 6.45) is 0. The molecule has 4 heteroatoms. The summed E-state index contributed by atoms with van der Waals surface area (Å²) in [5.41, 5.74) is 0. The molecule has 1 N–H and O–H groups in total. The van der Waals surface area contributed by atoms with E-state index in [-0.39, 0.29) is 0 Å². The molecule has 0 rings (SSSR count). The van der Waals surface area contributed by atoms with Crippen LogP contribution < -0.4 is 4.90 Å². The fourth-order valence-electron chi connectivity index (χ4n) is 0.750. The number of nitrogens with one attached hydrogen (secondary N) is 1. The van der Waals surface area contributed by atoms with Gasteiger partial charge in [0.25, 0.3) is 0 Å². The van der Waals surface area contributed by atoms with Gasteiger partial charge in [0.15, 0.2) is 0 Å². The molecule has 0 bridgehead atoms. The standard InChI is InChI=1S/C6H15N.2ClH.Cu/c1-4-7(5-2)6-3;;;/h4-6H2,1-3H3;2*1H;/q;;;+1/p-1. The van der Waals surface area contributed by atoms with Gasteiger partial charge in [0.1, 0.15) is 0 Å². The zero-order valence-corrected chi connectivity index (χ0v) is 9.13. The van der Waals surface area contributed by atoms with Crippen molar-refractivity contribution in [3.63, 3.8) is 0 Å². The number of hydrogen-bond donors (Lipinski definition) is 1. The number of hydrogen-bond acceptors (Lipinski definition) is 0. The maximum absolute atomic E-state index is 4.67. The van der Waals surface area contributed by atoms with Gasteiger partial charge in [-0.2, -0.15) is 0 Å². The Hall–Kier alpha value is 1.06. The van der Waals surface area contributed by atoms with Crippen molar-refractivity contribution in [2.45, 2.75) is 20.8 Å². The van der Waals surface area contributed by atoms with Crippen LogP contribution >= 0.6 is 20.2 Å². The molecule has 0 radical (unpaired) electrons. The third-order valence-electron chi connectivity index (χ3n) is 1.50. The van der Waals surface area contributed by atoms with E-state index in [2.05, 4.69) is 41.0 Å². The molecule has 0 saturated carbocycles. The zero-order chi connectivity index (χ0) is 8.41. The first kappa shape index (κ1) is 13.6. The second-order valence-corrected chi connectivity index (χ2v) is 3.41. The molecule has 70 valence electrons. The molecule has 0 fully saturated rings. The Bertz CT molecular complexity index is 45.5. The quantitative estimate of drug-likeness (QED) is 0.705. The van der Waals surface area contributed by atoms with Crippen LogP contribution in [-0.4, -0.2) is 19.6 Å². The predicted octanol–water partition coefficient (Wildman–Crippen LogP) is 1.31. The summed E-state index contributed by atoms with van der Waals surface area (Å²) in [7, 11) is 9.34. The molecule has 0 aromatic carbocycles. The van der Waals surface area contributed by atoms with Crippen molar-refractivity contribution >= 4 is 20.2 Å². The van der Waals surface area contributed by atoms with Gasteiger partial charge in [-0.05, 0) is 20.8 Å². The van der Waals surface area contributed by atoms with Gasteiger partial charge in [-0.15, -0.1) is 0 Å².